The summed E-state index contributed by atoms with van der Waals surface area (Å²) in [4.78, 5) is 53.9. The number of aliphatic hydroxyl groups is 1. The van der Waals surface area contributed by atoms with Crippen molar-refractivity contribution in [1.82, 2.24) is 20.9 Å². The number of phenolic OH excluding ortho intramolecular Hbond substituents is 1. The minimum Gasteiger partial charge on any atom is -0.508 e. The largest absolute Gasteiger partial charge is 0.508 e. The van der Waals surface area contributed by atoms with E-state index in [4.69, 9.17) is 5.73 Å². The summed E-state index contributed by atoms with van der Waals surface area (Å²) in [5.41, 5.74) is 8.26. The second-order valence-corrected chi connectivity index (χ2v) is 10.4. The molecule has 1 aromatic heterocycles. The number of hydrogen-bond acceptors (Lipinski definition) is 7. The first-order chi connectivity index (χ1) is 19.5. The molecule has 9 N–H and O–H groups in total. The van der Waals surface area contributed by atoms with Crippen LogP contribution >= 0.6 is 0 Å². The lowest BCUT2D eigenvalue weighted by Gasteiger charge is -2.25. The van der Waals surface area contributed by atoms with E-state index in [0.717, 1.165) is 10.9 Å². The van der Waals surface area contributed by atoms with Crippen LogP contribution in [-0.4, -0.2) is 74.8 Å². The van der Waals surface area contributed by atoms with E-state index in [-0.39, 0.29) is 30.9 Å². The molecule has 220 valence electrons. The van der Waals surface area contributed by atoms with Gasteiger partial charge in [-0.05, 0) is 48.1 Å². The first-order valence-electron chi connectivity index (χ1n) is 13.3. The Labute approximate surface area is 237 Å². The van der Waals surface area contributed by atoms with E-state index in [1.807, 2.05) is 38.1 Å². The molecule has 0 saturated heterocycles. The Kier molecular flexibility index (Phi) is 10.8. The van der Waals surface area contributed by atoms with Crippen molar-refractivity contribution in [3.05, 3.63) is 65.9 Å². The third kappa shape index (κ3) is 8.78. The molecule has 0 unspecified atom stereocenters. The number of fused-ring (bicyclic) bond motifs is 1. The van der Waals surface area contributed by atoms with E-state index in [0.29, 0.717) is 11.1 Å². The molecule has 1 heterocycles. The van der Waals surface area contributed by atoms with Crippen molar-refractivity contribution in [2.45, 2.75) is 57.3 Å². The highest BCUT2D eigenvalue weighted by Gasteiger charge is 2.31. The van der Waals surface area contributed by atoms with Gasteiger partial charge in [-0.25, -0.2) is 4.79 Å². The molecule has 0 aliphatic carbocycles. The number of carbonyl (C=O) groups excluding carboxylic acids is 3. The van der Waals surface area contributed by atoms with Crippen LogP contribution in [0.25, 0.3) is 10.9 Å². The molecule has 0 aliphatic heterocycles. The summed E-state index contributed by atoms with van der Waals surface area (Å²) in [5, 5.41) is 37.3. The zero-order chi connectivity index (χ0) is 30.1. The Bertz CT molecular complexity index is 1360. The molecule has 0 bridgehead atoms. The summed E-state index contributed by atoms with van der Waals surface area (Å²) in [5.74, 6) is -3.41. The number of aliphatic hydroxyl groups excluding tert-OH is 1. The van der Waals surface area contributed by atoms with Gasteiger partial charge in [-0.1, -0.05) is 44.2 Å². The minimum atomic E-state index is -1.45. The van der Waals surface area contributed by atoms with E-state index in [1.54, 1.807) is 18.3 Å². The number of carboxylic acids is 1. The molecular formula is C29H37N5O7. The van der Waals surface area contributed by atoms with Crippen LogP contribution in [0.3, 0.4) is 0 Å². The van der Waals surface area contributed by atoms with Crippen LogP contribution in [0.15, 0.2) is 54.7 Å². The predicted molar refractivity (Wildman–Crippen MR) is 152 cm³/mol. The van der Waals surface area contributed by atoms with E-state index in [9.17, 15) is 34.5 Å². The number of hydrogen-bond donors (Lipinski definition) is 8. The number of carbonyl (C=O) groups is 4. The second kappa shape index (κ2) is 14.3. The zero-order valence-electron chi connectivity index (χ0n) is 23.0. The van der Waals surface area contributed by atoms with E-state index in [2.05, 4.69) is 20.9 Å². The topological polar surface area (TPSA) is 207 Å². The number of carboxylic acid groups (broad SMARTS) is 1. The molecule has 12 nitrogen and oxygen atoms in total. The average Bonchev–Trinajstić information content (AvgIpc) is 3.34. The summed E-state index contributed by atoms with van der Waals surface area (Å²) in [7, 11) is 0. The number of H-pyrrole nitrogens is 1. The van der Waals surface area contributed by atoms with Crippen LogP contribution in [0.2, 0.25) is 0 Å². The standard InChI is InChI=1S/C29H37N5O7/c1-16(2)11-23(32-26(37)21(30)12-17-7-9-19(36)10-8-17)27(38)34-25(15-35)28(39)33-24(29(40)41)13-18-14-31-22-6-4-3-5-20(18)22/h3-10,14,16,21,23-25,31,35-36H,11-13,15,30H2,1-2H3,(H,32,37)(H,33,39)(H,34,38)(H,40,41)/t21-,23-,24-,25-/m0/s1. The fourth-order valence-electron chi connectivity index (χ4n) is 4.42. The number of aromatic amines is 1. The number of para-hydroxylation sites is 1. The van der Waals surface area contributed by atoms with Gasteiger partial charge in [0.2, 0.25) is 17.7 Å². The third-order valence-electron chi connectivity index (χ3n) is 6.60. The Morgan fingerprint density at radius 1 is 0.854 bits per heavy atom. The lowest BCUT2D eigenvalue weighted by molar-refractivity contribution is -0.142. The summed E-state index contributed by atoms with van der Waals surface area (Å²) in [6.45, 7) is 2.90. The highest BCUT2D eigenvalue weighted by Crippen LogP contribution is 2.19. The summed E-state index contributed by atoms with van der Waals surface area (Å²) >= 11 is 0. The van der Waals surface area contributed by atoms with Gasteiger partial charge in [-0.2, -0.15) is 0 Å². The van der Waals surface area contributed by atoms with Crippen molar-refractivity contribution in [1.29, 1.82) is 0 Å². The fraction of sp³-hybridized carbons (Fsp3) is 0.379. The van der Waals surface area contributed by atoms with Crippen molar-refractivity contribution in [2.75, 3.05) is 6.61 Å². The summed E-state index contributed by atoms with van der Waals surface area (Å²) in [6, 6.07) is 8.73. The lowest BCUT2D eigenvalue weighted by Crippen LogP contribution is -2.58. The van der Waals surface area contributed by atoms with Gasteiger partial charge < -0.3 is 42.0 Å². The van der Waals surface area contributed by atoms with Crippen molar-refractivity contribution in [3.8, 4) is 5.75 Å². The lowest BCUT2D eigenvalue weighted by atomic mass is 10.0. The van der Waals surface area contributed by atoms with Crippen LogP contribution in [0.4, 0.5) is 0 Å². The first kappa shape index (κ1) is 31.1. The van der Waals surface area contributed by atoms with Gasteiger partial charge in [0, 0.05) is 23.5 Å². The summed E-state index contributed by atoms with van der Waals surface area (Å²) in [6.07, 6.45) is 2.03. The van der Waals surface area contributed by atoms with Gasteiger partial charge in [-0.15, -0.1) is 0 Å². The molecule has 41 heavy (non-hydrogen) atoms. The summed E-state index contributed by atoms with van der Waals surface area (Å²) < 4.78 is 0. The predicted octanol–water partition coefficient (Wildman–Crippen LogP) is 0.563. The average molecular weight is 568 g/mol. The number of benzene rings is 2. The zero-order valence-corrected chi connectivity index (χ0v) is 23.0. The van der Waals surface area contributed by atoms with Crippen molar-refractivity contribution in [2.24, 2.45) is 11.7 Å². The van der Waals surface area contributed by atoms with E-state index < -0.39 is 54.5 Å². The first-order valence-corrected chi connectivity index (χ1v) is 13.3. The molecule has 2 aromatic carbocycles. The quantitative estimate of drug-likeness (QED) is 0.138. The Hall–Kier alpha value is -4.42. The molecule has 0 fully saturated rings. The Balaban J connectivity index is 1.64. The molecule has 4 atom stereocenters. The Morgan fingerprint density at radius 2 is 1.46 bits per heavy atom. The van der Waals surface area contributed by atoms with Crippen molar-refractivity contribution in [3.63, 3.8) is 0 Å². The minimum absolute atomic E-state index is 0.0201. The number of rotatable bonds is 14. The Morgan fingerprint density at radius 3 is 2.10 bits per heavy atom. The van der Waals surface area contributed by atoms with E-state index >= 15 is 0 Å². The normalized spacial score (nSPS) is 14.2. The fourth-order valence-corrected chi connectivity index (χ4v) is 4.42. The molecule has 12 heteroatoms. The smallest absolute Gasteiger partial charge is 0.326 e. The van der Waals surface area contributed by atoms with Gasteiger partial charge >= 0.3 is 5.97 Å². The van der Waals surface area contributed by atoms with Gasteiger partial charge in [0.25, 0.3) is 0 Å². The molecule has 3 rings (SSSR count). The molecule has 0 radical (unpaired) electrons. The van der Waals surface area contributed by atoms with Gasteiger partial charge in [0.05, 0.1) is 12.6 Å². The van der Waals surface area contributed by atoms with Gasteiger partial charge in [0.1, 0.15) is 23.9 Å². The van der Waals surface area contributed by atoms with Crippen LogP contribution in [0.5, 0.6) is 5.75 Å². The van der Waals surface area contributed by atoms with Crippen molar-refractivity contribution < 1.29 is 34.5 Å². The van der Waals surface area contributed by atoms with E-state index in [1.165, 1.54) is 12.1 Å². The third-order valence-corrected chi connectivity index (χ3v) is 6.60. The highest BCUT2D eigenvalue weighted by atomic mass is 16.4. The maximum Gasteiger partial charge on any atom is 0.326 e. The van der Waals surface area contributed by atoms with Crippen LogP contribution < -0.4 is 21.7 Å². The maximum atomic E-state index is 13.1. The van der Waals surface area contributed by atoms with Gasteiger partial charge in [-0.3, -0.25) is 14.4 Å². The van der Waals surface area contributed by atoms with Crippen LogP contribution in [-0.2, 0) is 32.0 Å². The molecule has 3 amide bonds. The molecular weight excluding hydrogens is 530 g/mol. The monoisotopic (exact) mass is 567 g/mol. The van der Waals surface area contributed by atoms with Gasteiger partial charge in [0.15, 0.2) is 0 Å². The SMILES string of the molecule is CC(C)C[C@H](NC(=O)[C@@H](N)Cc1ccc(O)cc1)C(=O)N[C@@H](CO)C(=O)N[C@@H](Cc1c[nH]c2ccccc12)C(=O)O. The van der Waals surface area contributed by atoms with Crippen LogP contribution in [0.1, 0.15) is 31.4 Å². The van der Waals surface area contributed by atoms with Crippen LogP contribution in [0, 0.1) is 5.92 Å². The molecule has 3 aromatic rings. The van der Waals surface area contributed by atoms with Crippen molar-refractivity contribution >= 4 is 34.6 Å². The number of phenols is 1. The maximum absolute atomic E-state index is 13.1. The number of nitrogens with one attached hydrogen (secondary N) is 4. The molecule has 0 aliphatic rings. The molecule has 0 saturated carbocycles. The highest BCUT2D eigenvalue weighted by molar-refractivity contribution is 5.94. The number of amides is 3. The number of aromatic nitrogens is 1. The number of aromatic hydroxyl groups is 1. The number of aliphatic carboxylic acids is 1. The molecule has 0 spiro atoms. The number of nitrogens with two attached hydrogens (primary N) is 1. The second-order valence-electron chi connectivity index (χ2n) is 10.4.